The molecule has 0 radical (unpaired) electrons. The molecule has 3 atom stereocenters. The van der Waals surface area contributed by atoms with Crippen LogP contribution in [0.5, 0.6) is 5.75 Å². The number of hydrogen-bond acceptors (Lipinski definition) is 4. The smallest absolute Gasteiger partial charge is 0.157 e. The van der Waals surface area contributed by atoms with Crippen LogP contribution in [0.25, 0.3) is 0 Å². The lowest BCUT2D eigenvalue weighted by molar-refractivity contribution is 0.414. The molecule has 1 N–H and O–H groups in total. The van der Waals surface area contributed by atoms with E-state index in [1.165, 1.54) is 0 Å². The van der Waals surface area contributed by atoms with E-state index in [4.69, 9.17) is 4.74 Å². The van der Waals surface area contributed by atoms with Gasteiger partial charge in [-0.1, -0.05) is 19.1 Å². The third-order valence-electron chi connectivity index (χ3n) is 3.91. The average molecular weight is 299 g/mol. The number of sulfone groups is 1. The summed E-state index contributed by atoms with van der Waals surface area (Å²) < 4.78 is 30.1. The van der Waals surface area contributed by atoms with E-state index >= 15 is 0 Å². The van der Waals surface area contributed by atoms with Crippen molar-refractivity contribution >= 4 is 9.84 Å². The molecule has 0 amide bonds. The SMILES string of the molecule is CCC(C)S(=O)(=O)C(C)C(NC)c1ccc(OC)cc1. The molecular formula is C15H25NO3S. The Labute approximate surface area is 122 Å². The zero-order valence-corrected chi connectivity index (χ0v) is 13.7. The molecule has 0 aromatic heterocycles. The summed E-state index contributed by atoms with van der Waals surface area (Å²) in [5, 5.41) is 2.32. The molecule has 4 nitrogen and oxygen atoms in total. The monoisotopic (exact) mass is 299 g/mol. The summed E-state index contributed by atoms with van der Waals surface area (Å²) in [7, 11) is 0.243. The summed E-state index contributed by atoms with van der Waals surface area (Å²) in [6.45, 7) is 5.44. The number of benzene rings is 1. The lowest BCUT2D eigenvalue weighted by atomic mass is 10.0. The van der Waals surface area contributed by atoms with Crippen molar-refractivity contribution in [3.63, 3.8) is 0 Å². The van der Waals surface area contributed by atoms with Gasteiger partial charge in [0.2, 0.25) is 0 Å². The van der Waals surface area contributed by atoms with Crippen molar-refractivity contribution in [3.05, 3.63) is 29.8 Å². The maximum Gasteiger partial charge on any atom is 0.157 e. The molecule has 0 saturated carbocycles. The quantitative estimate of drug-likeness (QED) is 0.840. The van der Waals surface area contributed by atoms with Gasteiger partial charge < -0.3 is 10.1 Å². The van der Waals surface area contributed by atoms with Crippen molar-refractivity contribution in [2.24, 2.45) is 0 Å². The highest BCUT2D eigenvalue weighted by Crippen LogP contribution is 2.26. The number of rotatable bonds is 7. The maximum absolute atomic E-state index is 12.5. The van der Waals surface area contributed by atoms with Crippen LogP contribution < -0.4 is 10.1 Å². The minimum Gasteiger partial charge on any atom is -0.497 e. The average Bonchev–Trinajstić information content (AvgIpc) is 2.47. The van der Waals surface area contributed by atoms with Gasteiger partial charge in [-0.25, -0.2) is 8.42 Å². The summed E-state index contributed by atoms with van der Waals surface area (Å²) in [4.78, 5) is 0. The Morgan fingerprint density at radius 3 is 2.15 bits per heavy atom. The Bertz CT molecular complexity index is 510. The van der Waals surface area contributed by atoms with Gasteiger partial charge >= 0.3 is 0 Å². The lowest BCUT2D eigenvalue weighted by Crippen LogP contribution is -2.37. The highest BCUT2D eigenvalue weighted by Gasteiger charge is 2.33. The van der Waals surface area contributed by atoms with Gasteiger partial charge in [0.15, 0.2) is 9.84 Å². The van der Waals surface area contributed by atoms with Gasteiger partial charge in [-0.15, -0.1) is 0 Å². The Morgan fingerprint density at radius 1 is 1.20 bits per heavy atom. The molecule has 0 aliphatic rings. The fourth-order valence-corrected chi connectivity index (χ4v) is 4.14. The fraction of sp³-hybridized carbons (Fsp3) is 0.600. The van der Waals surface area contributed by atoms with Crippen molar-refractivity contribution in [2.75, 3.05) is 14.2 Å². The first-order valence-electron chi connectivity index (χ1n) is 6.92. The molecule has 3 unspecified atom stereocenters. The molecule has 114 valence electrons. The molecule has 0 fully saturated rings. The van der Waals surface area contributed by atoms with Crippen LogP contribution >= 0.6 is 0 Å². The molecule has 1 rings (SSSR count). The second-order valence-electron chi connectivity index (χ2n) is 5.05. The first-order valence-corrected chi connectivity index (χ1v) is 8.53. The van der Waals surface area contributed by atoms with E-state index in [0.717, 1.165) is 11.3 Å². The first-order chi connectivity index (χ1) is 9.38. The van der Waals surface area contributed by atoms with Gasteiger partial charge in [0.25, 0.3) is 0 Å². The van der Waals surface area contributed by atoms with E-state index in [-0.39, 0.29) is 11.3 Å². The van der Waals surface area contributed by atoms with E-state index in [2.05, 4.69) is 5.32 Å². The van der Waals surface area contributed by atoms with Crippen LogP contribution in [0, 0.1) is 0 Å². The van der Waals surface area contributed by atoms with Crippen molar-refractivity contribution < 1.29 is 13.2 Å². The van der Waals surface area contributed by atoms with Crippen LogP contribution in [0.15, 0.2) is 24.3 Å². The molecule has 1 aromatic rings. The van der Waals surface area contributed by atoms with Crippen LogP contribution in [0.2, 0.25) is 0 Å². The van der Waals surface area contributed by atoms with E-state index in [1.54, 1.807) is 28.0 Å². The standard InChI is InChI=1S/C15H25NO3S/c1-6-11(2)20(17,18)12(3)15(16-4)13-7-9-14(19-5)10-8-13/h7-12,15-16H,6H2,1-5H3. The molecule has 20 heavy (non-hydrogen) atoms. The van der Waals surface area contributed by atoms with Crippen molar-refractivity contribution in [1.29, 1.82) is 0 Å². The Kier molecular flexibility index (Phi) is 6.02. The first kappa shape index (κ1) is 17.0. The van der Waals surface area contributed by atoms with Gasteiger partial charge in [0.1, 0.15) is 5.75 Å². The number of methoxy groups -OCH3 is 1. The van der Waals surface area contributed by atoms with Crippen molar-refractivity contribution in [3.8, 4) is 5.75 Å². The summed E-state index contributed by atoms with van der Waals surface area (Å²) in [5.74, 6) is 0.765. The molecular weight excluding hydrogens is 274 g/mol. The van der Waals surface area contributed by atoms with E-state index in [0.29, 0.717) is 6.42 Å². The molecule has 0 heterocycles. The van der Waals surface area contributed by atoms with Gasteiger partial charge in [0.05, 0.1) is 17.6 Å². The Morgan fingerprint density at radius 2 is 1.75 bits per heavy atom. The van der Waals surface area contributed by atoms with Gasteiger partial charge in [-0.2, -0.15) is 0 Å². The summed E-state index contributed by atoms with van der Waals surface area (Å²) in [6.07, 6.45) is 0.631. The van der Waals surface area contributed by atoms with Crippen LogP contribution in [-0.2, 0) is 9.84 Å². The van der Waals surface area contributed by atoms with Crippen LogP contribution in [0.1, 0.15) is 38.8 Å². The predicted molar refractivity (Wildman–Crippen MR) is 82.9 cm³/mol. The van der Waals surface area contributed by atoms with Crippen LogP contribution in [0.3, 0.4) is 0 Å². The molecule has 1 aromatic carbocycles. The van der Waals surface area contributed by atoms with Gasteiger partial charge in [-0.3, -0.25) is 0 Å². The van der Waals surface area contributed by atoms with Gasteiger partial charge in [-0.05, 0) is 45.0 Å². The summed E-state index contributed by atoms with van der Waals surface area (Å²) in [6, 6.07) is 7.29. The zero-order valence-electron chi connectivity index (χ0n) is 12.9. The molecule has 0 bridgehead atoms. The molecule has 5 heteroatoms. The topological polar surface area (TPSA) is 55.4 Å². The summed E-state index contributed by atoms with van der Waals surface area (Å²) in [5.41, 5.74) is 0.952. The Balaban J connectivity index is 3.05. The fourth-order valence-electron chi connectivity index (χ4n) is 2.27. The number of ether oxygens (including phenoxy) is 1. The molecule has 0 saturated heterocycles. The number of nitrogens with one attached hydrogen (secondary N) is 1. The van der Waals surface area contributed by atoms with E-state index in [1.807, 2.05) is 31.2 Å². The highest BCUT2D eigenvalue weighted by atomic mass is 32.2. The zero-order chi connectivity index (χ0) is 15.3. The van der Waals surface area contributed by atoms with Crippen LogP contribution in [0.4, 0.5) is 0 Å². The minimum atomic E-state index is -3.16. The van der Waals surface area contributed by atoms with E-state index in [9.17, 15) is 8.42 Å². The third kappa shape index (κ3) is 3.52. The Hall–Kier alpha value is -1.07. The molecule has 0 spiro atoms. The van der Waals surface area contributed by atoms with Crippen molar-refractivity contribution in [1.82, 2.24) is 5.32 Å². The maximum atomic E-state index is 12.5. The highest BCUT2D eigenvalue weighted by molar-refractivity contribution is 7.92. The second kappa shape index (κ2) is 7.09. The summed E-state index contributed by atoms with van der Waals surface area (Å²) >= 11 is 0. The molecule has 0 aliphatic heterocycles. The lowest BCUT2D eigenvalue weighted by Gasteiger charge is -2.26. The third-order valence-corrected chi connectivity index (χ3v) is 6.67. The van der Waals surface area contributed by atoms with Gasteiger partial charge in [0, 0.05) is 6.04 Å². The van der Waals surface area contributed by atoms with Crippen molar-refractivity contribution in [2.45, 2.75) is 43.7 Å². The minimum absolute atomic E-state index is 0.222. The second-order valence-corrected chi connectivity index (χ2v) is 7.78. The number of hydrogen-bond donors (Lipinski definition) is 1. The van der Waals surface area contributed by atoms with E-state index < -0.39 is 15.1 Å². The largest absolute Gasteiger partial charge is 0.497 e. The predicted octanol–water partition coefficient (Wildman–Crippen LogP) is 2.56. The normalized spacial score (nSPS) is 16.4. The van der Waals surface area contributed by atoms with Crippen LogP contribution in [-0.4, -0.2) is 33.1 Å². The molecule has 0 aliphatic carbocycles.